The number of hydrogen-bond acceptors (Lipinski definition) is 1. The maximum absolute atomic E-state index is 12.7. The monoisotopic (exact) mass is 231 g/mol. The van der Waals surface area contributed by atoms with Crippen LogP contribution in [0.2, 0.25) is 0 Å². The van der Waals surface area contributed by atoms with E-state index in [2.05, 4.69) is 0 Å². The second-order valence-corrected chi connectivity index (χ2v) is 3.63. The average molecular weight is 231 g/mol. The lowest BCUT2D eigenvalue weighted by molar-refractivity contribution is -0.152. The molecule has 0 saturated carbocycles. The Morgan fingerprint density at radius 2 is 1.69 bits per heavy atom. The van der Waals surface area contributed by atoms with E-state index in [-0.39, 0.29) is 10.6 Å². The number of para-hydroxylation sites is 1. The van der Waals surface area contributed by atoms with Gasteiger partial charge in [0, 0.05) is 5.92 Å². The Balaban J connectivity index is 3.13. The quantitative estimate of drug-likeness (QED) is 0.716. The van der Waals surface area contributed by atoms with Crippen LogP contribution in [-0.2, 0) is 4.79 Å². The van der Waals surface area contributed by atoms with Gasteiger partial charge in [-0.3, -0.25) is 4.79 Å². The van der Waals surface area contributed by atoms with Gasteiger partial charge in [0.15, 0.2) is 0 Å². The average Bonchev–Trinajstić information content (AvgIpc) is 2.17. The van der Waals surface area contributed by atoms with Crippen molar-refractivity contribution in [2.45, 2.75) is 20.1 Å². The van der Waals surface area contributed by atoms with Gasteiger partial charge in [0.05, 0.1) is 5.69 Å². The van der Waals surface area contributed by atoms with Crippen molar-refractivity contribution >= 4 is 11.6 Å². The first kappa shape index (κ1) is 12.5. The molecule has 0 atom stereocenters. The van der Waals surface area contributed by atoms with Crippen LogP contribution < -0.4 is 4.90 Å². The first-order chi connectivity index (χ1) is 7.34. The number of nitrogens with zero attached hydrogens (tertiary/aromatic N) is 1. The van der Waals surface area contributed by atoms with Crippen molar-refractivity contribution in [3.8, 4) is 0 Å². The summed E-state index contributed by atoms with van der Waals surface area (Å²) >= 11 is 0. The minimum absolute atomic E-state index is 0.127. The standard InChI is InChI=1S/C11H12F3NO/c1-8(2)10(16)15(11(12,13)14)9-6-4-3-5-7-9/h3-8H,1-2H3. The van der Waals surface area contributed by atoms with Crippen LogP contribution in [0.25, 0.3) is 0 Å². The van der Waals surface area contributed by atoms with Gasteiger partial charge >= 0.3 is 6.30 Å². The molecule has 0 heterocycles. The van der Waals surface area contributed by atoms with E-state index < -0.39 is 18.1 Å². The number of benzene rings is 1. The van der Waals surface area contributed by atoms with Crippen LogP contribution in [0.5, 0.6) is 0 Å². The molecule has 1 aromatic rings. The van der Waals surface area contributed by atoms with Crippen LogP contribution >= 0.6 is 0 Å². The molecule has 0 radical (unpaired) electrons. The number of carbonyl (C=O) groups excluding carboxylic acids is 1. The lowest BCUT2D eigenvalue weighted by Crippen LogP contribution is -2.45. The Labute approximate surface area is 91.7 Å². The van der Waals surface area contributed by atoms with Gasteiger partial charge in [-0.15, -0.1) is 13.2 Å². The fourth-order valence-electron chi connectivity index (χ4n) is 1.23. The van der Waals surface area contributed by atoms with Gasteiger partial charge in [-0.2, -0.15) is 0 Å². The normalized spacial score (nSPS) is 11.6. The highest BCUT2D eigenvalue weighted by Crippen LogP contribution is 2.29. The molecule has 0 aliphatic carbocycles. The molecule has 0 fully saturated rings. The van der Waals surface area contributed by atoms with E-state index in [0.29, 0.717) is 0 Å². The molecule has 0 aromatic heterocycles. The van der Waals surface area contributed by atoms with Crippen LogP contribution in [0.3, 0.4) is 0 Å². The molecular weight excluding hydrogens is 219 g/mol. The van der Waals surface area contributed by atoms with Gasteiger partial charge in [0.1, 0.15) is 0 Å². The Morgan fingerprint density at radius 3 is 2.06 bits per heavy atom. The second-order valence-electron chi connectivity index (χ2n) is 3.63. The highest BCUT2D eigenvalue weighted by atomic mass is 19.4. The van der Waals surface area contributed by atoms with E-state index in [9.17, 15) is 18.0 Å². The molecule has 0 bridgehead atoms. The van der Waals surface area contributed by atoms with Crippen molar-refractivity contribution in [3.05, 3.63) is 30.3 Å². The van der Waals surface area contributed by atoms with E-state index in [1.54, 1.807) is 6.07 Å². The van der Waals surface area contributed by atoms with Crippen molar-refractivity contribution in [1.82, 2.24) is 0 Å². The maximum atomic E-state index is 12.7. The Morgan fingerprint density at radius 1 is 1.19 bits per heavy atom. The lowest BCUT2D eigenvalue weighted by atomic mass is 10.2. The van der Waals surface area contributed by atoms with E-state index >= 15 is 0 Å². The molecule has 0 unspecified atom stereocenters. The fourth-order valence-corrected chi connectivity index (χ4v) is 1.23. The summed E-state index contributed by atoms with van der Waals surface area (Å²) in [5.74, 6) is -1.67. The summed E-state index contributed by atoms with van der Waals surface area (Å²) < 4.78 is 38.2. The molecule has 16 heavy (non-hydrogen) atoms. The first-order valence-electron chi connectivity index (χ1n) is 4.80. The van der Waals surface area contributed by atoms with Crippen molar-refractivity contribution in [1.29, 1.82) is 0 Å². The molecule has 2 nitrogen and oxygen atoms in total. The maximum Gasteiger partial charge on any atom is 0.491 e. The SMILES string of the molecule is CC(C)C(=O)N(c1ccccc1)C(F)(F)F. The van der Waals surface area contributed by atoms with Crippen LogP contribution in [0.15, 0.2) is 30.3 Å². The molecule has 0 N–H and O–H groups in total. The molecule has 88 valence electrons. The Kier molecular flexibility index (Phi) is 3.57. The fraction of sp³-hybridized carbons (Fsp3) is 0.364. The highest BCUT2D eigenvalue weighted by Gasteiger charge is 2.42. The molecule has 1 aromatic carbocycles. The van der Waals surface area contributed by atoms with E-state index in [4.69, 9.17) is 0 Å². The van der Waals surface area contributed by atoms with Crippen LogP contribution in [0, 0.1) is 5.92 Å². The molecule has 1 amide bonds. The number of alkyl halides is 3. The van der Waals surface area contributed by atoms with Crippen LogP contribution in [0.1, 0.15) is 13.8 Å². The molecule has 0 aliphatic rings. The zero-order chi connectivity index (χ0) is 12.3. The number of carbonyl (C=O) groups is 1. The number of amides is 1. The third-order valence-electron chi connectivity index (χ3n) is 1.98. The van der Waals surface area contributed by atoms with Gasteiger partial charge in [0.25, 0.3) is 0 Å². The minimum Gasteiger partial charge on any atom is -0.274 e. The molecule has 1 rings (SSSR count). The number of halogens is 3. The summed E-state index contributed by atoms with van der Waals surface area (Å²) in [6.45, 7) is 2.87. The molecule has 0 aliphatic heterocycles. The van der Waals surface area contributed by atoms with Crippen LogP contribution in [-0.4, -0.2) is 12.2 Å². The molecule has 0 saturated heterocycles. The lowest BCUT2D eigenvalue weighted by Gasteiger charge is -2.26. The Bertz CT molecular complexity index is 359. The smallest absolute Gasteiger partial charge is 0.274 e. The zero-order valence-corrected chi connectivity index (χ0v) is 8.95. The third kappa shape index (κ3) is 2.74. The minimum atomic E-state index is -4.69. The number of hydrogen-bond donors (Lipinski definition) is 0. The molecular formula is C11H12F3NO. The van der Waals surface area contributed by atoms with Crippen molar-refractivity contribution < 1.29 is 18.0 Å². The number of anilines is 1. The van der Waals surface area contributed by atoms with Gasteiger partial charge in [-0.05, 0) is 12.1 Å². The van der Waals surface area contributed by atoms with E-state index in [0.717, 1.165) is 0 Å². The van der Waals surface area contributed by atoms with Crippen LogP contribution in [0.4, 0.5) is 18.9 Å². The Hall–Kier alpha value is -1.52. The summed E-state index contributed by atoms with van der Waals surface area (Å²) in [7, 11) is 0. The van der Waals surface area contributed by atoms with E-state index in [1.165, 1.54) is 38.1 Å². The van der Waals surface area contributed by atoms with Gasteiger partial charge in [0.2, 0.25) is 5.91 Å². The van der Waals surface area contributed by atoms with Crippen molar-refractivity contribution in [2.24, 2.45) is 5.92 Å². The summed E-state index contributed by atoms with van der Waals surface area (Å²) in [4.78, 5) is 11.4. The van der Waals surface area contributed by atoms with Gasteiger partial charge in [-0.25, -0.2) is 4.90 Å². The molecule has 5 heteroatoms. The largest absolute Gasteiger partial charge is 0.491 e. The molecule has 0 spiro atoms. The third-order valence-corrected chi connectivity index (χ3v) is 1.98. The van der Waals surface area contributed by atoms with Crippen molar-refractivity contribution in [2.75, 3.05) is 4.90 Å². The second kappa shape index (κ2) is 4.55. The zero-order valence-electron chi connectivity index (χ0n) is 8.95. The predicted octanol–water partition coefficient (Wildman–Crippen LogP) is 3.20. The van der Waals surface area contributed by atoms with Gasteiger partial charge < -0.3 is 0 Å². The summed E-state index contributed by atoms with van der Waals surface area (Å²) in [6.07, 6.45) is -4.69. The highest BCUT2D eigenvalue weighted by molar-refractivity contribution is 5.95. The number of rotatable bonds is 2. The van der Waals surface area contributed by atoms with Crippen molar-refractivity contribution in [3.63, 3.8) is 0 Å². The topological polar surface area (TPSA) is 20.3 Å². The summed E-state index contributed by atoms with van der Waals surface area (Å²) in [6, 6.07) is 7.03. The summed E-state index contributed by atoms with van der Waals surface area (Å²) in [5, 5.41) is 0. The van der Waals surface area contributed by atoms with Gasteiger partial charge in [-0.1, -0.05) is 32.0 Å². The predicted molar refractivity (Wildman–Crippen MR) is 54.8 cm³/mol. The van der Waals surface area contributed by atoms with E-state index in [1.807, 2.05) is 0 Å². The summed E-state index contributed by atoms with van der Waals surface area (Å²) in [5.41, 5.74) is -0.159. The first-order valence-corrected chi connectivity index (χ1v) is 4.80.